The highest BCUT2D eigenvalue weighted by molar-refractivity contribution is 5.85. The Balaban J connectivity index is 2.35. The van der Waals surface area contributed by atoms with E-state index in [0.717, 1.165) is 12.8 Å². The molecule has 0 atom stereocenters. The van der Waals surface area contributed by atoms with Crippen molar-refractivity contribution in [3.63, 3.8) is 0 Å². The monoisotopic (exact) mass is 223 g/mol. The highest BCUT2D eigenvalue weighted by Gasteiger charge is 2.03. The second kappa shape index (κ2) is 6.10. The van der Waals surface area contributed by atoms with Gasteiger partial charge in [-0.15, -0.1) is 0 Å². The fourth-order valence-corrected chi connectivity index (χ4v) is 1.27. The molecule has 1 rings (SSSR count). The first-order chi connectivity index (χ1) is 7.59. The van der Waals surface area contributed by atoms with Crippen LogP contribution in [0.5, 0.6) is 5.75 Å². The lowest BCUT2D eigenvalue weighted by atomic mass is 10.1. The van der Waals surface area contributed by atoms with Crippen molar-refractivity contribution in [2.75, 3.05) is 6.61 Å². The molecule has 0 aliphatic carbocycles. The second-order valence-electron chi connectivity index (χ2n) is 4.07. The molecule has 0 saturated heterocycles. The highest BCUT2D eigenvalue weighted by atomic mass is 16.5. The number of carbonyl (C=O) groups is 1. The first-order valence-electron chi connectivity index (χ1n) is 5.41. The van der Waals surface area contributed by atoms with Gasteiger partial charge in [-0.3, -0.25) is 0 Å². The zero-order chi connectivity index (χ0) is 12.0. The molecule has 0 unspecified atom stereocenters. The minimum absolute atomic E-state index is 0.0366. The number of pyridine rings is 1. The summed E-state index contributed by atoms with van der Waals surface area (Å²) in [7, 11) is 0. The molecule has 0 amide bonds. The molecular formula is C12H17NO3. The van der Waals surface area contributed by atoms with E-state index in [9.17, 15) is 4.79 Å². The Morgan fingerprint density at radius 1 is 1.50 bits per heavy atom. The first kappa shape index (κ1) is 12.5. The van der Waals surface area contributed by atoms with Crippen LogP contribution in [0.3, 0.4) is 0 Å². The predicted octanol–water partition coefficient (Wildman–Crippen LogP) is 2.59. The van der Waals surface area contributed by atoms with Gasteiger partial charge in [0.05, 0.1) is 12.8 Å². The summed E-state index contributed by atoms with van der Waals surface area (Å²) in [6.45, 7) is 4.98. The standard InChI is InChI=1S/C12H17NO3/c1-9(2)4-3-7-16-10-5-6-11(12(14)15)13-8-10/h5-6,8-9H,3-4,7H2,1-2H3,(H,14,15). The van der Waals surface area contributed by atoms with Gasteiger partial charge in [-0.1, -0.05) is 13.8 Å². The topological polar surface area (TPSA) is 59.4 Å². The molecule has 0 aliphatic heterocycles. The lowest BCUT2D eigenvalue weighted by Crippen LogP contribution is -2.02. The second-order valence-corrected chi connectivity index (χ2v) is 4.07. The van der Waals surface area contributed by atoms with Gasteiger partial charge in [0.25, 0.3) is 0 Å². The summed E-state index contributed by atoms with van der Waals surface area (Å²) < 4.78 is 5.44. The molecule has 0 bridgehead atoms. The van der Waals surface area contributed by atoms with E-state index in [1.165, 1.54) is 12.3 Å². The van der Waals surface area contributed by atoms with Gasteiger partial charge in [0.2, 0.25) is 0 Å². The summed E-state index contributed by atoms with van der Waals surface area (Å²) in [4.78, 5) is 14.3. The normalized spacial score (nSPS) is 10.4. The molecule has 1 aromatic rings. The van der Waals surface area contributed by atoms with Crippen molar-refractivity contribution in [2.45, 2.75) is 26.7 Å². The SMILES string of the molecule is CC(C)CCCOc1ccc(C(=O)O)nc1. The third-order valence-corrected chi connectivity index (χ3v) is 2.15. The molecule has 1 aromatic heterocycles. The Labute approximate surface area is 95.3 Å². The van der Waals surface area contributed by atoms with Crippen LogP contribution in [0.4, 0.5) is 0 Å². The average Bonchev–Trinajstić information content (AvgIpc) is 2.25. The summed E-state index contributed by atoms with van der Waals surface area (Å²) in [5.41, 5.74) is 0.0366. The first-order valence-corrected chi connectivity index (χ1v) is 5.41. The molecule has 0 radical (unpaired) electrons. The molecule has 4 heteroatoms. The van der Waals surface area contributed by atoms with E-state index in [0.29, 0.717) is 18.3 Å². The van der Waals surface area contributed by atoms with Gasteiger partial charge in [-0.25, -0.2) is 9.78 Å². The molecule has 1 heterocycles. The van der Waals surface area contributed by atoms with Crippen molar-refractivity contribution in [1.29, 1.82) is 0 Å². The van der Waals surface area contributed by atoms with Crippen LogP contribution in [0.2, 0.25) is 0 Å². The zero-order valence-electron chi connectivity index (χ0n) is 9.64. The van der Waals surface area contributed by atoms with Crippen LogP contribution in [0.25, 0.3) is 0 Å². The van der Waals surface area contributed by atoms with Gasteiger partial charge in [0.15, 0.2) is 0 Å². The Hall–Kier alpha value is -1.58. The third kappa shape index (κ3) is 4.29. The number of nitrogens with zero attached hydrogens (tertiary/aromatic N) is 1. The lowest BCUT2D eigenvalue weighted by molar-refractivity contribution is 0.0690. The van der Waals surface area contributed by atoms with Crippen molar-refractivity contribution < 1.29 is 14.6 Å². The van der Waals surface area contributed by atoms with Gasteiger partial charge in [-0.2, -0.15) is 0 Å². The van der Waals surface area contributed by atoms with Crippen molar-refractivity contribution in [1.82, 2.24) is 4.98 Å². The van der Waals surface area contributed by atoms with Crippen molar-refractivity contribution >= 4 is 5.97 Å². The zero-order valence-corrected chi connectivity index (χ0v) is 9.64. The molecule has 0 aliphatic rings. The summed E-state index contributed by atoms with van der Waals surface area (Å²) in [6, 6.07) is 3.08. The van der Waals surface area contributed by atoms with Gasteiger partial charge in [-0.05, 0) is 30.9 Å². The fraction of sp³-hybridized carbons (Fsp3) is 0.500. The number of rotatable bonds is 6. The fourth-order valence-electron chi connectivity index (χ4n) is 1.27. The number of aromatic carboxylic acids is 1. The highest BCUT2D eigenvalue weighted by Crippen LogP contribution is 2.11. The minimum Gasteiger partial charge on any atom is -0.492 e. The number of hydrogen-bond acceptors (Lipinski definition) is 3. The molecule has 0 fully saturated rings. The van der Waals surface area contributed by atoms with E-state index < -0.39 is 5.97 Å². The van der Waals surface area contributed by atoms with E-state index in [1.807, 2.05) is 0 Å². The summed E-state index contributed by atoms with van der Waals surface area (Å²) in [5.74, 6) is 0.274. The number of ether oxygens (including phenoxy) is 1. The lowest BCUT2D eigenvalue weighted by Gasteiger charge is -2.07. The summed E-state index contributed by atoms with van der Waals surface area (Å²) >= 11 is 0. The van der Waals surface area contributed by atoms with Gasteiger partial charge < -0.3 is 9.84 Å². The predicted molar refractivity (Wildman–Crippen MR) is 60.8 cm³/mol. The average molecular weight is 223 g/mol. The van der Waals surface area contributed by atoms with Gasteiger partial charge in [0.1, 0.15) is 11.4 Å². The maximum Gasteiger partial charge on any atom is 0.354 e. The van der Waals surface area contributed by atoms with Crippen molar-refractivity contribution in [2.24, 2.45) is 5.92 Å². The van der Waals surface area contributed by atoms with Crippen LogP contribution in [-0.2, 0) is 0 Å². The van der Waals surface area contributed by atoms with E-state index in [2.05, 4.69) is 18.8 Å². The minimum atomic E-state index is -1.02. The molecule has 4 nitrogen and oxygen atoms in total. The molecule has 1 N–H and O–H groups in total. The molecular weight excluding hydrogens is 206 g/mol. The number of carboxylic acid groups (broad SMARTS) is 1. The molecule has 0 aromatic carbocycles. The van der Waals surface area contributed by atoms with Crippen molar-refractivity contribution in [3.8, 4) is 5.75 Å². The summed E-state index contributed by atoms with van der Waals surface area (Å²) in [5, 5.41) is 8.65. The Morgan fingerprint density at radius 3 is 2.75 bits per heavy atom. The maximum absolute atomic E-state index is 10.5. The molecule has 16 heavy (non-hydrogen) atoms. The molecule has 88 valence electrons. The largest absolute Gasteiger partial charge is 0.492 e. The molecule has 0 saturated carbocycles. The van der Waals surface area contributed by atoms with Crippen LogP contribution in [-0.4, -0.2) is 22.7 Å². The van der Waals surface area contributed by atoms with Crippen LogP contribution in [0.1, 0.15) is 37.2 Å². The van der Waals surface area contributed by atoms with Crippen LogP contribution >= 0.6 is 0 Å². The third-order valence-electron chi connectivity index (χ3n) is 2.15. The van der Waals surface area contributed by atoms with Crippen molar-refractivity contribution in [3.05, 3.63) is 24.0 Å². The number of hydrogen-bond donors (Lipinski definition) is 1. The Bertz CT molecular complexity index is 333. The Kier molecular flexibility index (Phi) is 4.76. The number of aromatic nitrogens is 1. The Morgan fingerprint density at radius 2 is 2.25 bits per heavy atom. The van der Waals surface area contributed by atoms with Gasteiger partial charge >= 0.3 is 5.97 Å². The van der Waals surface area contributed by atoms with Crippen LogP contribution in [0.15, 0.2) is 18.3 Å². The van der Waals surface area contributed by atoms with Gasteiger partial charge in [0, 0.05) is 0 Å². The smallest absolute Gasteiger partial charge is 0.354 e. The van der Waals surface area contributed by atoms with E-state index in [-0.39, 0.29) is 5.69 Å². The van der Waals surface area contributed by atoms with E-state index >= 15 is 0 Å². The maximum atomic E-state index is 10.5. The van der Waals surface area contributed by atoms with Crippen LogP contribution < -0.4 is 4.74 Å². The quantitative estimate of drug-likeness (QED) is 0.753. The van der Waals surface area contributed by atoms with Crippen LogP contribution in [0, 0.1) is 5.92 Å². The number of carboxylic acids is 1. The van der Waals surface area contributed by atoms with E-state index in [4.69, 9.17) is 9.84 Å². The van der Waals surface area contributed by atoms with E-state index in [1.54, 1.807) is 6.07 Å². The summed E-state index contributed by atoms with van der Waals surface area (Å²) in [6.07, 6.45) is 3.57. The molecule has 0 spiro atoms.